The van der Waals surface area contributed by atoms with Crippen molar-refractivity contribution in [3.63, 3.8) is 0 Å². The second kappa shape index (κ2) is 7.23. The maximum Gasteiger partial charge on any atom is 0.260 e. The minimum Gasteiger partial charge on any atom is -0.355 e. The summed E-state index contributed by atoms with van der Waals surface area (Å²) in [6.45, 7) is 5.13. The molecule has 4 nitrogen and oxygen atoms in total. The number of benzene rings is 2. The van der Waals surface area contributed by atoms with Crippen LogP contribution in [0.15, 0.2) is 65.2 Å². The molecule has 0 unspecified atom stereocenters. The number of carbonyl (C=O) groups excluding carboxylic acids is 1. The molecule has 1 aliphatic rings. The summed E-state index contributed by atoms with van der Waals surface area (Å²) in [5.74, 6) is 0.545. The molecule has 1 aromatic heterocycles. The summed E-state index contributed by atoms with van der Waals surface area (Å²) < 4.78 is 5.55. The molecular weight excluding hydrogens is 336 g/mol. The van der Waals surface area contributed by atoms with Gasteiger partial charge in [0.1, 0.15) is 5.56 Å². The van der Waals surface area contributed by atoms with Gasteiger partial charge in [-0.05, 0) is 37.0 Å². The Morgan fingerprint density at radius 2 is 1.78 bits per heavy atom. The maximum atomic E-state index is 13.2. The van der Waals surface area contributed by atoms with Crippen LogP contribution in [0.5, 0.6) is 0 Å². The number of hydrogen-bond acceptors (Lipinski definition) is 3. The molecule has 0 spiro atoms. The first-order chi connectivity index (χ1) is 13.1. The van der Waals surface area contributed by atoms with Crippen molar-refractivity contribution < 1.29 is 9.32 Å². The number of rotatable bonds is 3. The molecule has 0 fully saturated rings. The summed E-state index contributed by atoms with van der Waals surface area (Å²) in [6.07, 6.45) is 2.99. The van der Waals surface area contributed by atoms with Crippen LogP contribution in [0, 0.1) is 13.8 Å². The van der Waals surface area contributed by atoms with E-state index in [0.717, 1.165) is 17.5 Å². The van der Waals surface area contributed by atoms with E-state index in [9.17, 15) is 4.79 Å². The highest BCUT2D eigenvalue weighted by Gasteiger charge is 2.27. The Kier molecular flexibility index (Phi) is 4.63. The van der Waals surface area contributed by atoms with E-state index in [1.807, 2.05) is 61.2 Å². The summed E-state index contributed by atoms with van der Waals surface area (Å²) in [5, 5.41) is 4.07. The van der Waals surface area contributed by atoms with Gasteiger partial charge in [0.15, 0.2) is 5.76 Å². The molecule has 0 N–H and O–H groups in total. The first kappa shape index (κ1) is 17.3. The highest BCUT2D eigenvalue weighted by Crippen LogP contribution is 2.31. The zero-order valence-electron chi connectivity index (χ0n) is 15.6. The third-order valence-corrected chi connectivity index (χ3v) is 5.11. The third kappa shape index (κ3) is 3.31. The number of aryl methyl sites for hydroxylation is 2. The normalized spacial score (nSPS) is 14.1. The van der Waals surface area contributed by atoms with Crippen molar-refractivity contribution in [3.8, 4) is 11.3 Å². The third-order valence-electron chi connectivity index (χ3n) is 5.11. The Balaban J connectivity index is 1.61. The van der Waals surface area contributed by atoms with Gasteiger partial charge in [-0.15, -0.1) is 0 Å². The van der Waals surface area contributed by atoms with Gasteiger partial charge in [0.2, 0.25) is 0 Å². The highest BCUT2D eigenvalue weighted by molar-refractivity contribution is 6.01. The lowest BCUT2D eigenvalue weighted by molar-refractivity contribution is 0.0772. The van der Waals surface area contributed by atoms with Crippen LogP contribution in [0.2, 0.25) is 0 Å². The summed E-state index contributed by atoms with van der Waals surface area (Å²) in [4.78, 5) is 15.1. The van der Waals surface area contributed by atoms with Crippen molar-refractivity contribution in [1.82, 2.24) is 10.1 Å². The van der Waals surface area contributed by atoms with Crippen molar-refractivity contribution in [2.45, 2.75) is 20.3 Å². The van der Waals surface area contributed by atoms with Crippen LogP contribution in [0.3, 0.4) is 0 Å². The molecule has 0 atom stereocenters. The van der Waals surface area contributed by atoms with Gasteiger partial charge in [-0.2, -0.15) is 0 Å². The molecule has 4 rings (SSSR count). The summed E-state index contributed by atoms with van der Waals surface area (Å²) in [7, 11) is 0. The van der Waals surface area contributed by atoms with E-state index in [2.05, 4.69) is 23.4 Å². The van der Waals surface area contributed by atoms with Gasteiger partial charge in [-0.1, -0.05) is 65.8 Å². The number of hydrogen-bond donors (Lipinski definition) is 0. The maximum absolute atomic E-state index is 13.2. The Hall–Kier alpha value is -3.14. The van der Waals surface area contributed by atoms with Crippen molar-refractivity contribution in [1.29, 1.82) is 0 Å². The van der Waals surface area contributed by atoms with Crippen LogP contribution in [0.4, 0.5) is 0 Å². The lowest BCUT2D eigenvalue weighted by atomic mass is 9.98. The van der Waals surface area contributed by atoms with Gasteiger partial charge in [0, 0.05) is 18.7 Å². The SMILES string of the molecule is Cc1ccccc1-c1onc(C)c1C(=O)N1CC=C(c2ccccc2)CC1. The van der Waals surface area contributed by atoms with E-state index in [1.54, 1.807) is 0 Å². The van der Waals surface area contributed by atoms with Crippen LogP contribution < -0.4 is 0 Å². The molecule has 0 saturated heterocycles. The lowest BCUT2D eigenvalue weighted by Gasteiger charge is -2.26. The predicted octanol–water partition coefficient (Wildman–Crippen LogP) is 4.89. The van der Waals surface area contributed by atoms with E-state index in [4.69, 9.17) is 4.52 Å². The van der Waals surface area contributed by atoms with Crippen molar-refractivity contribution >= 4 is 11.5 Å². The van der Waals surface area contributed by atoms with Gasteiger partial charge in [0.05, 0.1) is 5.69 Å². The van der Waals surface area contributed by atoms with E-state index in [0.29, 0.717) is 30.1 Å². The fourth-order valence-corrected chi connectivity index (χ4v) is 3.56. The van der Waals surface area contributed by atoms with E-state index < -0.39 is 0 Å². The standard InChI is InChI=1S/C23H22N2O2/c1-16-8-6-7-11-20(16)22-21(17(2)24-27-22)23(26)25-14-12-19(13-15-25)18-9-4-3-5-10-18/h3-12H,13-15H2,1-2H3. The van der Waals surface area contributed by atoms with E-state index in [-0.39, 0.29) is 5.91 Å². The van der Waals surface area contributed by atoms with Crippen LogP contribution in [-0.2, 0) is 0 Å². The Morgan fingerprint density at radius 1 is 1.04 bits per heavy atom. The van der Waals surface area contributed by atoms with Crippen molar-refractivity contribution in [2.75, 3.05) is 13.1 Å². The zero-order valence-corrected chi connectivity index (χ0v) is 15.6. The number of aromatic nitrogens is 1. The molecule has 27 heavy (non-hydrogen) atoms. The number of nitrogens with zero attached hydrogens (tertiary/aromatic N) is 2. The van der Waals surface area contributed by atoms with E-state index >= 15 is 0 Å². The van der Waals surface area contributed by atoms with Gasteiger partial charge in [-0.25, -0.2) is 0 Å². The van der Waals surface area contributed by atoms with Crippen molar-refractivity contribution in [3.05, 3.63) is 83.1 Å². The van der Waals surface area contributed by atoms with Crippen LogP contribution in [0.1, 0.15) is 33.6 Å². The molecule has 0 saturated carbocycles. The summed E-state index contributed by atoms with van der Waals surface area (Å²) in [5.41, 5.74) is 5.70. The van der Waals surface area contributed by atoms with Crippen LogP contribution in [0.25, 0.3) is 16.9 Å². The monoisotopic (exact) mass is 358 g/mol. The predicted molar refractivity (Wildman–Crippen MR) is 106 cm³/mol. The molecular formula is C23H22N2O2. The van der Waals surface area contributed by atoms with E-state index in [1.165, 1.54) is 11.1 Å². The fraction of sp³-hybridized carbons (Fsp3) is 0.217. The second-order valence-corrected chi connectivity index (χ2v) is 6.88. The first-order valence-corrected chi connectivity index (χ1v) is 9.21. The molecule has 0 radical (unpaired) electrons. The largest absolute Gasteiger partial charge is 0.355 e. The quantitative estimate of drug-likeness (QED) is 0.670. The lowest BCUT2D eigenvalue weighted by Crippen LogP contribution is -2.35. The van der Waals surface area contributed by atoms with Crippen molar-refractivity contribution in [2.24, 2.45) is 0 Å². The molecule has 2 aromatic carbocycles. The second-order valence-electron chi connectivity index (χ2n) is 6.88. The summed E-state index contributed by atoms with van der Waals surface area (Å²) >= 11 is 0. The molecule has 0 aliphatic carbocycles. The Bertz CT molecular complexity index is 1000. The average Bonchev–Trinajstić information content (AvgIpc) is 3.10. The average molecular weight is 358 g/mol. The minimum atomic E-state index is -0.0182. The Morgan fingerprint density at radius 3 is 2.48 bits per heavy atom. The van der Waals surface area contributed by atoms with Gasteiger partial charge in [0.25, 0.3) is 5.91 Å². The van der Waals surface area contributed by atoms with Gasteiger partial charge < -0.3 is 9.42 Å². The molecule has 3 aromatic rings. The molecule has 136 valence electrons. The smallest absolute Gasteiger partial charge is 0.260 e. The molecule has 1 amide bonds. The topological polar surface area (TPSA) is 46.3 Å². The Labute approximate surface area is 159 Å². The molecule has 4 heteroatoms. The van der Waals surface area contributed by atoms with Gasteiger partial charge >= 0.3 is 0 Å². The summed E-state index contributed by atoms with van der Waals surface area (Å²) in [6, 6.07) is 18.2. The molecule has 2 heterocycles. The molecule has 0 bridgehead atoms. The molecule has 1 aliphatic heterocycles. The van der Waals surface area contributed by atoms with Crippen LogP contribution >= 0.6 is 0 Å². The zero-order chi connectivity index (χ0) is 18.8. The first-order valence-electron chi connectivity index (χ1n) is 9.21. The minimum absolute atomic E-state index is 0.0182. The number of carbonyl (C=O) groups is 1. The fourth-order valence-electron chi connectivity index (χ4n) is 3.56. The van der Waals surface area contributed by atoms with Crippen LogP contribution in [-0.4, -0.2) is 29.1 Å². The number of amides is 1. The van der Waals surface area contributed by atoms with Gasteiger partial charge in [-0.3, -0.25) is 4.79 Å². The highest BCUT2D eigenvalue weighted by atomic mass is 16.5.